The van der Waals surface area contributed by atoms with Crippen molar-refractivity contribution in [1.82, 2.24) is 0 Å². The Bertz CT molecular complexity index is 723. The lowest BCUT2D eigenvalue weighted by molar-refractivity contribution is -0.137. The van der Waals surface area contributed by atoms with E-state index >= 15 is 0 Å². The number of hydrogen-bond donors (Lipinski definition) is 0. The lowest BCUT2D eigenvalue weighted by atomic mass is 10.1. The van der Waals surface area contributed by atoms with Gasteiger partial charge in [0, 0.05) is 10.6 Å². The number of thioether (sulfide) groups is 1. The summed E-state index contributed by atoms with van der Waals surface area (Å²) in [4.78, 5) is 5.17. The van der Waals surface area contributed by atoms with Gasteiger partial charge in [-0.15, -0.1) is 11.8 Å². The first-order chi connectivity index (χ1) is 10.5. The maximum absolute atomic E-state index is 12.8. The fraction of sp³-hybridized carbons (Fsp3) is 0.188. The van der Waals surface area contributed by atoms with Crippen LogP contribution < -0.4 is 4.74 Å². The van der Waals surface area contributed by atoms with E-state index in [2.05, 4.69) is 4.99 Å². The first-order valence-electron chi connectivity index (χ1n) is 6.53. The number of nitrogens with zero attached hydrogens (tertiary/aromatic N) is 1. The summed E-state index contributed by atoms with van der Waals surface area (Å²) in [5, 5.41) is 0. The number of halogens is 3. The Morgan fingerprint density at radius 1 is 1.09 bits per heavy atom. The predicted octanol–water partition coefficient (Wildman–Crippen LogP) is 4.94. The topological polar surface area (TPSA) is 21.6 Å². The molecule has 1 aliphatic rings. The van der Waals surface area contributed by atoms with Gasteiger partial charge in [-0.25, -0.2) is 0 Å². The first-order valence-corrected chi connectivity index (χ1v) is 7.52. The van der Waals surface area contributed by atoms with Crippen LogP contribution in [-0.2, 0) is 6.18 Å². The molecular weight excluding hydrogens is 311 g/mol. The van der Waals surface area contributed by atoms with E-state index in [1.807, 2.05) is 24.3 Å². The van der Waals surface area contributed by atoms with Gasteiger partial charge in [-0.3, -0.25) is 4.99 Å². The van der Waals surface area contributed by atoms with Crippen LogP contribution in [0.4, 0.5) is 18.9 Å². The van der Waals surface area contributed by atoms with Crippen LogP contribution in [0.1, 0.15) is 11.1 Å². The van der Waals surface area contributed by atoms with Crippen LogP contribution in [0.15, 0.2) is 52.4 Å². The summed E-state index contributed by atoms with van der Waals surface area (Å²) < 4.78 is 43.5. The number of rotatable bonds is 2. The van der Waals surface area contributed by atoms with Crippen molar-refractivity contribution in [2.75, 3.05) is 12.9 Å². The zero-order valence-corrected chi connectivity index (χ0v) is 12.5. The zero-order chi connectivity index (χ0) is 15.7. The third kappa shape index (κ3) is 2.97. The molecule has 6 heteroatoms. The predicted molar refractivity (Wildman–Crippen MR) is 81.4 cm³/mol. The summed E-state index contributed by atoms with van der Waals surface area (Å²) in [7, 11) is 1.58. The molecule has 0 unspecified atom stereocenters. The summed E-state index contributed by atoms with van der Waals surface area (Å²) in [6, 6.07) is 11.0. The average Bonchev–Trinajstić information content (AvgIpc) is 2.53. The Kier molecular flexibility index (Phi) is 3.87. The van der Waals surface area contributed by atoms with Crippen LogP contribution in [0.5, 0.6) is 5.75 Å². The van der Waals surface area contributed by atoms with Gasteiger partial charge in [0.15, 0.2) is 0 Å². The second-order valence-corrected chi connectivity index (χ2v) is 5.77. The number of fused-ring (bicyclic) bond motifs is 1. The summed E-state index contributed by atoms with van der Waals surface area (Å²) in [6.45, 7) is 0. The molecule has 0 atom stereocenters. The van der Waals surface area contributed by atoms with Crippen LogP contribution >= 0.6 is 11.8 Å². The second kappa shape index (κ2) is 5.68. The zero-order valence-electron chi connectivity index (χ0n) is 11.6. The molecule has 0 fully saturated rings. The molecule has 0 spiro atoms. The van der Waals surface area contributed by atoms with Crippen LogP contribution in [0.2, 0.25) is 0 Å². The maximum atomic E-state index is 12.8. The highest BCUT2D eigenvalue weighted by atomic mass is 32.2. The minimum absolute atomic E-state index is 0.372. The highest BCUT2D eigenvalue weighted by Gasteiger charge is 2.31. The number of ether oxygens (including phenoxy) is 1. The Morgan fingerprint density at radius 3 is 2.45 bits per heavy atom. The molecule has 22 heavy (non-hydrogen) atoms. The summed E-state index contributed by atoms with van der Waals surface area (Å²) >= 11 is 1.49. The number of aliphatic imine (C=N–C) groups is 1. The molecule has 0 amide bonds. The molecule has 0 N–H and O–H groups in total. The monoisotopic (exact) mass is 323 g/mol. The second-order valence-electron chi connectivity index (χ2n) is 4.76. The summed E-state index contributed by atoms with van der Waals surface area (Å²) in [5.74, 6) is 1.36. The van der Waals surface area contributed by atoms with Gasteiger partial charge in [0.05, 0.1) is 24.1 Å². The van der Waals surface area contributed by atoms with E-state index in [0.29, 0.717) is 11.4 Å². The van der Waals surface area contributed by atoms with Crippen LogP contribution in [0.3, 0.4) is 0 Å². The van der Waals surface area contributed by atoms with Crippen LogP contribution in [0, 0.1) is 0 Å². The number of methoxy groups -OCH3 is 1. The van der Waals surface area contributed by atoms with Crippen LogP contribution in [0.25, 0.3) is 0 Å². The molecular formula is C16H12F3NOS. The third-order valence-corrected chi connectivity index (χ3v) is 4.40. The molecule has 2 aromatic carbocycles. The number of hydrogen-bond acceptors (Lipinski definition) is 3. The van der Waals surface area contributed by atoms with Gasteiger partial charge in [-0.2, -0.15) is 13.2 Å². The van der Waals surface area contributed by atoms with Gasteiger partial charge in [0.1, 0.15) is 5.75 Å². The molecule has 0 aromatic heterocycles. The quantitative estimate of drug-likeness (QED) is 0.781. The van der Waals surface area contributed by atoms with E-state index in [9.17, 15) is 13.2 Å². The Morgan fingerprint density at radius 2 is 1.82 bits per heavy atom. The summed E-state index contributed by atoms with van der Waals surface area (Å²) in [5.41, 5.74) is 1.35. The molecule has 3 rings (SSSR count). The van der Waals surface area contributed by atoms with Gasteiger partial charge in [0.25, 0.3) is 0 Å². The maximum Gasteiger partial charge on any atom is 0.416 e. The van der Waals surface area contributed by atoms with Crippen molar-refractivity contribution >= 4 is 23.2 Å². The molecule has 2 aromatic rings. The average molecular weight is 323 g/mol. The lowest BCUT2D eigenvalue weighted by Crippen LogP contribution is -2.09. The van der Waals surface area contributed by atoms with Gasteiger partial charge >= 0.3 is 6.18 Å². The number of alkyl halides is 3. The first kappa shape index (κ1) is 15.0. The molecule has 0 saturated carbocycles. The highest BCUT2D eigenvalue weighted by molar-refractivity contribution is 8.00. The van der Waals surface area contributed by atoms with Crippen molar-refractivity contribution in [3.05, 3.63) is 53.6 Å². The number of benzene rings is 2. The molecule has 1 heterocycles. The minimum Gasteiger partial charge on any atom is -0.497 e. The van der Waals surface area contributed by atoms with Crippen molar-refractivity contribution < 1.29 is 17.9 Å². The van der Waals surface area contributed by atoms with E-state index in [1.165, 1.54) is 17.8 Å². The molecule has 0 radical (unpaired) electrons. The highest BCUT2D eigenvalue weighted by Crippen LogP contribution is 2.39. The van der Waals surface area contributed by atoms with E-state index in [4.69, 9.17) is 4.74 Å². The molecule has 0 aliphatic carbocycles. The van der Waals surface area contributed by atoms with Gasteiger partial charge in [-0.05, 0) is 48.0 Å². The fourth-order valence-corrected chi connectivity index (χ4v) is 3.10. The van der Waals surface area contributed by atoms with Crippen molar-refractivity contribution in [1.29, 1.82) is 0 Å². The van der Waals surface area contributed by atoms with Gasteiger partial charge in [0.2, 0.25) is 0 Å². The van der Waals surface area contributed by atoms with Crippen molar-refractivity contribution in [2.45, 2.75) is 11.1 Å². The van der Waals surface area contributed by atoms with Gasteiger partial charge < -0.3 is 4.74 Å². The van der Waals surface area contributed by atoms with Crippen molar-refractivity contribution in [3.63, 3.8) is 0 Å². The van der Waals surface area contributed by atoms with Crippen molar-refractivity contribution in [2.24, 2.45) is 4.99 Å². The van der Waals surface area contributed by atoms with E-state index in [0.717, 1.165) is 34.1 Å². The van der Waals surface area contributed by atoms with E-state index in [-0.39, 0.29) is 0 Å². The van der Waals surface area contributed by atoms with Gasteiger partial charge in [-0.1, -0.05) is 0 Å². The Hall–Kier alpha value is -1.95. The van der Waals surface area contributed by atoms with Crippen molar-refractivity contribution in [3.8, 4) is 5.75 Å². The van der Waals surface area contributed by atoms with Crippen LogP contribution in [-0.4, -0.2) is 18.6 Å². The smallest absolute Gasteiger partial charge is 0.416 e. The molecule has 2 nitrogen and oxygen atoms in total. The van der Waals surface area contributed by atoms with E-state index in [1.54, 1.807) is 7.11 Å². The lowest BCUT2D eigenvalue weighted by Gasteiger charge is -2.17. The third-order valence-electron chi connectivity index (χ3n) is 3.33. The standard InChI is InChI=1S/C16H12F3NOS/c1-21-12-5-2-10(3-6-12)14-9-22-15-7-4-11(16(17,18)19)8-13(15)20-14/h2-8H,9H2,1H3. The Balaban J connectivity index is 1.97. The fourth-order valence-electron chi connectivity index (χ4n) is 2.16. The normalized spacial score (nSPS) is 14.3. The summed E-state index contributed by atoms with van der Waals surface area (Å²) in [6.07, 6.45) is -4.35. The molecule has 0 bridgehead atoms. The largest absolute Gasteiger partial charge is 0.497 e. The molecule has 0 saturated heterocycles. The minimum atomic E-state index is -4.35. The van der Waals surface area contributed by atoms with E-state index < -0.39 is 11.7 Å². The molecule has 114 valence electrons. The SMILES string of the molecule is COc1ccc(C2=Nc3cc(C(F)(F)F)ccc3SC2)cc1. The molecule has 1 aliphatic heterocycles. The Labute approximate surface area is 130 Å².